The van der Waals surface area contributed by atoms with Crippen LogP contribution in [0.15, 0.2) is 42.7 Å². The summed E-state index contributed by atoms with van der Waals surface area (Å²) in [5.74, 6) is -0.0871. The molecule has 2 rings (SSSR count). The van der Waals surface area contributed by atoms with Crippen LogP contribution in [0.25, 0.3) is 0 Å². The Labute approximate surface area is 106 Å². The highest BCUT2D eigenvalue weighted by molar-refractivity contribution is 6.05. The number of carbonyl (C=O) groups is 1. The molecule has 1 heterocycles. The van der Waals surface area contributed by atoms with E-state index in [4.69, 9.17) is 5.73 Å². The predicted octanol–water partition coefficient (Wildman–Crippen LogP) is 2.25. The van der Waals surface area contributed by atoms with E-state index < -0.39 is 0 Å². The van der Waals surface area contributed by atoms with Crippen LogP contribution in [-0.2, 0) is 0 Å². The number of nitrogens with zero attached hydrogens (tertiary/aromatic N) is 2. The Hall–Kier alpha value is -2.36. The third-order valence-electron chi connectivity index (χ3n) is 2.71. The number of aromatic nitrogens is 1. The minimum Gasteiger partial charge on any atom is -0.399 e. The van der Waals surface area contributed by atoms with Gasteiger partial charge in [-0.25, -0.2) is 0 Å². The van der Waals surface area contributed by atoms with E-state index in [0.717, 1.165) is 11.3 Å². The van der Waals surface area contributed by atoms with Crippen molar-refractivity contribution in [1.82, 2.24) is 4.98 Å². The molecule has 4 nitrogen and oxygen atoms in total. The van der Waals surface area contributed by atoms with Gasteiger partial charge in [-0.15, -0.1) is 0 Å². The van der Waals surface area contributed by atoms with Gasteiger partial charge in [0, 0.05) is 30.8 Å². The molecule has 0 atom stereocenters. The van der Waals surface area contributed by atoms with Crippen LogP contribution in [-0.4, -0.2) is 17.9 Å². The number of nitrogen functional groups attached to an aromatic ring is 1. The van der Waals surface area contributed by atoms with E-state index in [-0.39, 0.29) is 5.91 Å². The Bertz CT molecular complexity index is 564. The van der Waals surface area contributed by atoms with E-state index in [1.807, 2.05) is 25.1 Å². The SMILES string of the molecule is Cc1cncc(C(=O)N(C)c2ccc(N)cc2)c1. The van der Waals surface area contributed by atoms with Gasteiger partial charge in [0.25, 0.3) is 5.91 Å². The zero-order chi connectivity index (χ0) is 13.1. The molecule has 0 unspecified atom stereocenters. The lowest BCUT2D eigenvalue weighted by molar-refractivity contribution is 0.0992. The summed E-state index contributed by atoms with van der Waals surface area (Å²) in [6, 6.07) is 9.00. The first-order chi connectivity index (χ1) is 8.58. The zero-order valence-electron chi connectivity index (χ0n) is 10.4. The summed E-state index contributed by atoms with van der Waals surface area (Å²) in [7, 11) is 1.73. The summed E-state index contributed by atoms with van der Waals surface area (Å²) in [5, 5.41) is 0. The van der Waals surface area contributed by atoms with Crippen LogP contribution in [0, 0.1) is 6.92 Å². The van der Waals surface area contributed by atoms with Crippen LogP contribution in [0.3, 0.4) is 0 Å². The Morgan fingerprint density at radius 2 is 1.89 bits per heavy atom. The fourth-order valence-electron chi connectivity index (χ4n) is 1.68. The van der Waals surface area contributed by atoms with Crippen LogP contribution in [0.2, 0.25) is 0 Å². The summed E-state index contributed by atoms with van der Waals surface area (Å²) < 4.78 is 0. The lowest BCUT2D eigenvalue weighted by Gasteiger charge is -2.17. The molecule has 0 fully saturated rings. The molecule has 0 spiro atoms. The number of hydrogen-bond donors (Lipinski definition) is 1. The van der Waals surface area contributed by atoms with Gasteiger partial charge in [-0.1, -0.05) is 0 Å². The second kappa shape index (κ2) is 4.87. The summed E-state index contributed by atoms with van der Waals surface area (Å²) in [6.07, 6.45) is 3.29. The van der Waals surface area contributed by atoms with E-state index in [1.54, 1.807) is 36.5 Å². The van der Waals surface area contributed by atoms with Gasteiger partial charge in [0.2, 0.25) is 0 Å². The van der Waals surface area contributed by atoms with Gasteiger partial charge in [0.15, 0.2) is 0 Å². The minimum absolute atomic E-state index is 0.0871. The highest BCUT2D eigenvalue weighted by Gasteiger charge is 2.13. The molecular formula is C14H15N3O. The van der Waals surface area contributed by atoms with Gasteiger partial charge >= 0.3 is 0 Å². The smallest absolute Gasteiger partial charge is 0.259 e. The van der Waals surface area contributed by atoms with Crippen LogP contribution in [0.1, 0.15) is 15.9 Å². The maximum Gasteiger partial charge on any atom is 0.259 e. The molecule has 2 N–H and O–H groups in total. The van der Waals surface area contributed by atoms with Crippen molar-refractivity contribution >= 4 is 17.3 Å². The van der Waals surface area contributed by atoms with Gasteiger partial charge in [-0.05, 0) is 42.8 Å². The van der Waals surface area contributed by atoms with Crippen LogP contribution >= 0.6 is 0 Å². The van der Waals surface area contributed by atoms with Crippen molar-refractivity contribution < 1.29 is 4.79 Å². The first-order valence-electron chi connectivity index (χ1n) is 5.63. The molecule has 0 radical (unpaired) electrons. The number of benzene rings is 1. The largest absolute Gasteiger partial charge is 0.399 e. The number of amides is 1. The summed E-state index contributed by atoms with van der Waals surface area (Å²) in [4.78, 5) is 17.8. The zero-order valence-corrected chi connectivity index (χ0v) is 10.4. The van der Waals surface area contributed by atoms with Crippen LogP contribution in [0.4, 0.5) is 11.4 Å². The molecule has 0 bridgehead atoms. The summed E-state index contributed by atoms with van der Waals surface area (Å²) in [6.45, 7) is 1.91. The van der Waals surface area contributed by atoms with E-state index in [2.05, 4.69) is 4.98 Å². The molecule has 1 aromatic carbocycles. The molecular weight excluding hydrogens is 226 g/mol. The fourth-order valence-corrected chi connectivity index (χ4v) is 1.68. The van der Waals surface area contributed by atoms with Crippen molar-refractivity contribution in [2.45, 2.75) is 6.92 Å². The fraction of sp³-hybridized carbons (Fsp3) is 0.143. The number of anilines is 2. The number of pyridine rings is 1. The third-order valence-corrected chi connectivity index (χ3v) is 2.71. The van der Waals surface area contributed by atoms with Gasteiger partial charge in [-0.3, -0.25) is 9.78 Å². The number of aryl methyl sites for hydroxylation is 1. The Balaban J connectivity index is 2.26. The van der Waals surface area contributed by atoms with Crippen molar-refractivity contribution in [2.75, 3.05) is 17.7 Å². The van der Waals surface area contributed by atoms with E-state index in [1.165, 1.54) is 0 Å². The monoisotopic (exact) mass is 241 g/mol. The Kier molecular flexibility index (Phi) is 3.28. The quantitative estimate of drug-likeness (QED) is 0.820. The van der Waals surface area contributed by atoms with E-state index in [0.29, 0.717) is 11.3 Å². The Morgan fingerprint density at radius 1 is 1.22 bits per heavy atom. The van der Waals surface area contributed by atoms with Crippen molar-refractivity contribution in [3.05, 3.63) is 53.9 Å². The first-order valence-corrected chi connectivity index (χ1v) is 5.63. The van der Waals surface area contributed by atoms with Gasteiger partial charge in [0.1, 0.15) is 0 Å². The molecule has 0 saturated heterocycles. The summed E-state index contributed by atoms with van der Waals surface area (Å²) >= 11 is 0. The van der Waals surface area contributed by atoms with E-state index >= 15 is 0 Å². The van der Waals surface area contributed by atoms with E-state index in [9.17, 15) is 4.79 Å². The molecule has 0 saturated carbocycles. The lowest BCUT2D eigenvalue weighted by atomic mass is 10.2. The molecule has 4 heteroatoms. The second-order valence-corrected chi connectivity index (χ2v) is 4.21. The molecule has 18 heavy (non-hydrogen) atoms. The summed E-state index contributed by atoms with van der Waals surface area (Å²) in [5.41, 5.74) is 8.64. The van der Waals surface area contributed by atoms with Crippen molar-refractivity contribution in [3.63, 3.8) is 0 Å². The molecule has 1 amide bonds. The molecule has 0 aliphatic rings. The highest BCUT2D eigenvalue weighted by atomic mass is 16.2. The molecule has 0 aliphatic carbocycles. The normalized spacial score (nSPS) is 10.1. The third kappa shape index (κ3) is 2.48. The first kappa shape index (κ1) is 12.1. The standard InChI is InChI=1S/C14H15N3O/c1-10-7-11(9-16-8-10)14(18)17(2)13-5-3-12(15)4-6-13/h3-9H,15H2,1-2H3. The Morgan fingerprint density at radius 3 is 2.50 bits per heavy atom. The highest BCUT2D eigenvalue weighted by Crippen LogP contribution is 2.17. The van der Waals surface area contributed by atoms with Crippen LogP contribution < -0.4 is 10.6 Å². The molecule has 0 aliphatic heterocycles. The minimum atomic E-state index is -0.0871. The van der Waals surface area contributed by atoms with Crippen molar-refractivity contribution in [3.8, 4) is 0 Å². The maximum absolute atomic E-state index is 12.2. The van der Waals surface area contributed by atoms with Crippen molar-refractivity contribution in [2.24, 2.45) is 0 Å². The molecule has 2 aromatic rings. The predicted molar refractivity (Wildman–Crippen MR) is 72.6 cm³/mol. The molecule has 1 aromatic heterocycles. The van der Waals surface area contributed by atoms with Crippen LogP contribution in [0.5, 0.6) is 0 Å². The second-order valence-electron chi connectivity index (χ2n) is 4.21. The number of carbonyl (C=O) groups excluding carboxylic acids is 1. The maximum atomic E-state index is 12.2. The lowest BCUT2D eigenvalue weighted by Crippen LogP contribution is -2.26. The van der Waals surface area contributed by atoms with Gasteiger partial charge in [0.05, 0.1) is 5.56 Å². The van der Waals surface area contributed by atoms with Crippen molar-refractivity contribution in [1.29, 1.82) is 0 Å². The number of hydrogen-bond acceptors (Lipinski definition) is 3. The van der Waals surface area contributed by atoms with Gasteiger partial charge in [-0.2, -0.15) is 0 Å². The molecule has 92 valence electrons. The average Bonchev–Trinajstić information content (AvgIpc) is 2.38. The average molecular weight is 241 g/mol. The number of rotatable bonds is 2. The number of nitrogens with two attached hydrogens (primary N) is 1. The van der Waals surface area contributed by atoms with Gasteiger partial charge < -0.3 is 10.6 Å². The topological polar surface area (TPSA) is 59.2 Å².